The van der Waals surface area contributed by atoms with Crippen LogP contribution < -0.4 is 24.4 Å². The molecule has 8 nitrogen and oxygen atoms in total. The third-order valence-corrected chi connectivity index (χ3v) is 7.05. The molecule has 1 amide bonds. The Balaban J connectivity index is 1.65. The van der Waals surface area contributed by atoms with Crippen molar-refractivity contribution >= 4 is 21.6 Å². The monoisotopic (exact) mass is 461 g/mol. The first-order valence-electron chi connectivity index (χ1n) is 10.6. The molecule has 2 aromatic rings. The van der Waals surface area contributed by atoms with E-state index in [-0.39, 0.29) is 34.2 Å². The minimum Gasteiger partial charge on any atom is -0.497 e. The van der Waals surface area contributed by atoms with Gasteiger partial charge >= 0.3 is 0 Å². The molecule has 32 heavy (non-hydrogen) atoms. The molecule has 1 aliphatic rings. The lowest BCUT2D eigenvalue weighted by Crippen LogP contribution is -2.44. The maximum atomic E-state index is 12.8. The Hall–Kier alpha value is -2.78. The molecular weight excluding hydrogens is 430 g/mol. The zero-order valence-corrected chi connectivity index (χ0v) is 19.7. The molecule has 0 bridgehead atoms. The van der Waals surface area contributed by atoms with E-state index in [1.165, 1.54) is 19.2 Å². The van der Waals surface area contributed by atoms with Crippen LogP contribution in [0, 0.1) is 0 Å². The van der Waals surface area contributed by atoms with Gasteiger partial charge in [-0.15, -0.1) is 0 Å². The van der Waals surface area contributed by atoms with Gasteiger partial charge in [0.1, 0.15) is 16.4 Å². The predicted molar refractivity (Wildman–Crippen MR) is 124 cm³/mol. The second kappa shape index (κ2) is 10.2. The lowest BCUT2D eigenvalue weighted by Gasteiger charge is -2.34. The summed E-state index contributed by atoms with van der Waals surface area (Å²) in [6, 6.07) is 12.1. The topological polar surface area (TPSA) is 97.0 Å². The van der Waals surface area contributed by atoms with Gasteiger partial charge in [0.15, 0.2) is 0 Å². The Morgan fingerprint density at radius 2 is 1.69 bits per heavy atom. The number of piperidine rings is 1. The van der Waals surface area contributed by atoms with Crippen molar-refractivity contribution in [3.8, 4) is 11.5 Å². The fraction of sp³-hybridized carbons (Fsp3) is 0.435. The van der Waals surface area contributed by atoms with Crippen LogP contribution in [0.1, 0.15) is 37.0 Å². The summed E-state index contributed by atoms with van der Waals surface area (Å²) in [5.41, 5.74) is 1.41. The minimum absolute atomic E-state index is 0.0212. The molecule has 1 saturated heterocycles. The number of rotatable bonds is 8. The number of carbonyl (C=O) groups excluding carboxylic acids is 1. The van der Waals surface area contributed by atoms with E-state index in [4.69, 9.17) is 9.47 Å². The van der Waals surface area contributed by atoms with Crippen LogP contribution in [0.15, 0.2) is 47.4 Å². The fourth-order valence-corrected chi connectivity index (χ4v) is 5.19. The van der Waals surface area contributed by atoms with E-state index < -0.39 is 10.0 Å². The van der Waals surface area contributed by atoms with Crippen molar-refractivity contribution in [1.29, 1.82) is 0 Å². The summed E-state index contributed by atoms with van der Waals surface area (Å²) in [6.07, 6.45) is 1.60. The van der Waals surface area contributed by atoms with Gasteiger partial charge in [0, 0.05) is 36.4 Å². The van der Waals surface area contributed by atoms with Crippen molar-refractivity contribution < 1.29 is 22.7 Å². The molecular formula is C23H31N3O5S. The third kappa shape index (κ3) is 5.72. The molecule has 2 aromatic carbocycles. The quantitative estimate of drug-likeness (QED) is 0.628. The zero-order valence-electron chi connectivity index (χ0n) is 18.9. The summed E-state index contributed by atoms with van der Waals surface area (Å²) in [4.78, 5) is 15.1. The van der Waals surface area contributed by atoms with Gasteiger partial charge in [0.25, 0.3) is 5.91 Å². The standard InChI is InChI=1S/C23H31N3O5S/c1-16(2)25-32(28,29)22-15-17(5-10-21(22)31-4)23(27)24-18-11-13-26(14-12-18)19-6-8-20(30-3)9-7-19/h5-10,15-16,18,25H,11-14H2,1-4H3,(H,24,27). The van der Waals surface area contributed by atoms with Gasteiger partial charge in [-0.05, 0) is 69.2 Å². The molecule has 2 N–H and O–H groups in total. The van der Waals surface area contributed by atoms with Crippen LogP contribution in [-0.2, 0) is 10.0 Å². The number of nitrogens with zero attached hydrogens (tertiary/aromatic N) is 1. The Kier molecular flexibility index (Phi) is 7.63. The van der Waals surface area contributed by atoms with E-state index >= 15 is 0 Å². The van der Waals surface area contributed by atoms with E-state index in [0.29, 0.717) is 0 Å². The van der Waals surface area contributed by atoms with Gasteiger partial charge < -0.3 is 19.7 Å². The van der Waals surface area contributed by atoms with Gasteiger partial charge in [-0.2, -0.15) is 0 Å². The first-order chi connectivity index (χ1) is 15.2. The molecule has 0 radical (unpaired) electrons. The summed E-state index contributed by atoms with van der Waals surface area (Å²) < 4.78 is 38.3. The summed E-state index contributed by atoms with van der Waals surface area (Å²) in [6.45, 7) is 5.10. The average Bonchev–Trinajstić information content (AvgIpc) is 2.78. The Bertz CT molecular complexity index is 1030. The Labute approximate surface area is 190 Å². The second-order valence-corrected chi connectivity index (χ2v) is 9.76. The van der Waals surface area contributed by atoms with Crippen LogP contribution >= 0.6 is 0 Å². The second-order valence-electron chi connectivity index (χ2n) is 8.07. The van der Waals surface area contributed by atoms with E-state index in [1.54, 1.807) is 27.0 Å². The van der Waals surface area contributed by atoms with E-state index in [2.05, 4.69) is 14.9 Å². The number of nitrogens with one attached hydrogen (secondary N) is 2. The molecule has 1 aliphatic heterocycles. The van der Waals surface area contributed by atoms with E-state index in [1.807, 2.05) is 24.3 Å². The predicted octanol–water partition coefficient (Wildman–Crippen LogP) is 2.79. The SMILES string of the molecule is COc1ccc(N2CCC(NC(=O)c3ccc(OC)c(S(=O)(=O)NC(C)C)c3)CC2)cc1. The Morgan fingerprint density at radius 3 is 2.25 bits per heavy atom. The first-order valence-corrected chi connectivity index (χ1v) is 12.1. The maximum absolute atomic E-state index is 12.8. The van der Waals surface area contributed by atoms with Crippen LogP contribution in [0.4, 0.5) is 5.69 Å². The number of ether oxygens (including phenoxy) is 2. The molecule has 0 unspecified atom stereocenters. The minimum atomic E-state index is -3.80. The van der Waals surface area contributed by atoms with Crippen LogP contribution in [0.2, 0.25) is 0 Å². The van der Waals surface area contributed by atoms with Crippen molar-refractivity contribution in [2.75, 3.05) is 32.2 Å². The largest absolute Gasteiger partial charge is 0.497 e. The highest BCUT2D eigenvalue weighted by atomic mass is 32.2. The van der Waals surface area contributed by atoms with E-state index in [0.717, 1.165) is 37.4 Å². The number of hydrogen-bond donors (Lipinski definition) is 2. The van der Waals surface area contributed by atoms with E-state index in [9.17, 15) is 13.2 Å². The number of amides is 1. The summed E-state index contributed by atoms with van der Waals surface area (Å²) in [5.74, 6) is 0.722. The molecule has 0 spiro atoms. The summed E-state index contributed by atoms with van der Waals surface area (Å²) in [5, 5.41) is 3.04. The number of methoxy groups -OCH3 is 2. The normalized spacial score (nSPS) is 15.0. The number of benzene rings is 2. The number of hydrogen-bond acceptors (Lipinski definition) is 6. The van der Waals surface area contributed by atoms with Crippen molar-refractivity contribution in [3.63, 3.8) is 0 Å². The average molecular weight is 462 g/mol. The number of anilines is 1. The van der Waals surface area contributed by atoms with Gasteiger partial charge in [-0.1, -0.05) is 0 Å². The number of sulfonamides is 1. The van der Waals surface area contributed by atoms with Crippen molar-refractivity contribution in [2.45, 2.75) is 43.7 Å². The molecule has 9 heteroatoms. The maximum Gasteiger partial charge on any atom is 0.251 e. The third-order valence-electron chi connectivity index (χ3n) is 5.37. The van der Waals surface area contributed by atoms with Crippen LogP contribution in [-0.4, -0.2) is 53.7 Å². The molecule has 0 aromatic heterocycles. The van der Waals surface area contributed by atoms with Gasteiger partial charge in [0.05, 0.1) is 14.2 Å². The van der Waals surface area contributed by atoms with Crippen molar-refractivity contribution in [2.24, 2.45) is 0 Å². The number of carbonyl (C=O) groups is 1. The fourth-order valence-electron chi connectivity index (χ4n) is 3.75. The lowest BCUT2D eigenvalue weighted by atomic mass is 10.0. The zero-order chi connectivity index (χ0) is 23.3. The van der Waals surface area contributed by atoms with Gasteiger partial charge in [-0.3, -0.25) is 4.79 Å². The van der Waals surface area contributed by atoms with Crippen LogP contribution in [0.5, 0.6) is 11.5 Å². The summed E-state index contributed by atoms with van der Waals surface area (Å²) in [7, 11) is -0.758. The van der Waals surface area contributed by atoms with Gasteiger partial charge in [-0.25, -0.2) is 13.1 Å². The molecule has 0 saturated carbocycles. The molecule has 1 fully saturated rings. The van der Waals surface area contributed by atoms with Gasteiger partial charge in [0.2, 0.25) is 10.0 Å². The molecule has 174 valence electrons. The molecule has 3 rings (SSSR count). The highest BCUT2D eigenvalue weighted by Crippen LogP contribution is 2.26. The smallest absolute Gasteiger partial charge is 0.251 e. The lowest BCUT2D eigenvalue weighted by molar-refractivity contribution is 0.0931. The van der Waals surface area contributed by atoms with Crippen molar-refractivity contribution in [1.82, 2.24) is 10.0 Å². The first kappa shape index (κ1) is 23.9. The highest BCUT2D eigenvalue weighted by Gasteiger charge is 2.25. The molecule has 1 heterocycles. The highest BCUT2D eigenvalue weighted by molar-refractivity contribution is 7.89. The van der Waals surface area contributed by atoms with Crippen LogP contribution in [0.3, 0.4) is 0 Å². The van der Waals surface area contributed by atoms with Crippen molar-refractivity contribution in [3.05, 3.63) is 48.0 Å². The van der Waals surface area contributed by atoms with Crippen LogP contribution in [0.25, 0.3) is 0 Å². The molecule has 0 aliphatic carbocycles. The summed E-state index contributed by atoms with van der Waals surface area (Å²) >= 11 is 0. The Morgan fingerprint density at radius 1 is 1.03 bits per heavy atom. The molecule has 0 atom stereocenters.